The van der Waals surface area contributed by atoms with Crippen LogP contribution in [-0.4, -0.2) is 78.6 Å². The van der Waals surface area contributed by atoms with Crippen LogP contribution < -0.4 is 10.5 Å². The highest BCUT2D eigenvalue weighted by molar-refractivity contribution is 6.32. The molecule has 3 aromatic rings. The Balaban J connectivity index is 1.53. The van der Waals surface area contributed by atoms with E-state index in [9.17, 15) is 10.4 Å². The van der Waals surface area contributed by atoms with Crippen LogP contribution in [0.25, 0.3) is 11.0 Å². The van der Waals surface area contributed by atoms with E-state index in [1.807, 2.05) is 45.4 Å². The van der Waals surface area contributed by atoms with Gasteiger partial charge in [0.1, 0.15) is 30.1 Å². The second kappa shape index (κ2) is 9.40. The number of nitrogens with two attached hydrogens (primary N) is 1. The van der Waals surface area contributed by atoms with Crippen LogP contribution in [0.2, 0.25) is 5.02 Å². The standard InChI is InChI=1S/C26H33ClN8O2/c1-14-8-34(17-9-33(10-17)12-26(4,5)36)11-20-19(7-28)21(27)6-18(23(20)37-14)16(3)35-25-22(15(2)32-35)24(29)30-13-31-25/h6,13-14,16-17,36H,8-12H2,1-5H3,(H2,29,30,31)/t14-,16?/m1/s1. The average Bonchev–Trinajstić information content (AvgIpc) is 3.03. The summed E-state index contributed by atoms with van der Waals surface area (Å²) in [6, 6.07) is 4.15. The van der Waals surface area contributed by atoms with Crippen LogP contribution in [0, 0.1) is 18.3 Å². The Morgan fingerprint density at radius 3 is 2.73 bits per heavy atom. The van der Waals surface area contributed by atoms with E-state index in [2.05, 4.69) is 25.8 Å². The van der Waals surface area contributed by atoms with E-state index >= 15 is 0 Å². The first-order valence-corrected chi connectivity index (χ1v) is 12.9. The Labute approximate surface area is 221 Å². The van der Waals surface area contributed by atoms with Gasteiger partial charge in [-0.3, -0.25) is 9.80 Å². The van der Waals surface area contributed by atoms with Crippen LogP contribution in [0.3, 0.4) is 0 Å². The quantitative estimate of drug-likeness (QED) is 0.517. The van der Waals surface area contributed by atoms with E-state index in [4.69, 9.17) is 27.2 Å². The number of anilines is 1. The molecule has 1 unspecified atom stereocenters. The number of likely N-dealkylation sites (tertiary alicyclic amines) is 1. The molecular weight excluding hydrogens is 492 g/mol. The molecule has 2 atom stereocenters. The summed E-state index contributed by atoms with van der Waals surface area (Å²) in [6.45, 7) is 13.2. The largest absolute Gasteiger partial charge is 0.489 e. The van der Waals surface area contributed by atoms with Crippen molar-refractivity contribution in [1.29, 1.82) is 5.26 Å². The molecule has 0 saturated carbocycles. The molecule has 11 heteroatoms. The van der Waals surface area contributed by atoms with E-state index in [1.165, 1.54) is 6.33 Å². The molecule has 1 aromatic carbocycles. The number of aromatic nitrogens is 4. The number of rotatable bonds is 5. The molecule has 5 rings (SSSR count). The molecule has 4 heterocycles. The van der Waals surface area contributed by atoms with E-state index in [0.29, 0.717) is 46.9 Å². The fourth-order valence-corrected chi connectivity index (χ4v) is 5.84. The molecule has 2 aromatic heterocycles. The fourth-order valence-electron chi connectivity index (χ4n) is 5.56. The highest BCUT2D eigenvalue weighted by atomic mass is 35.5. The Bertz CT molecular complexity index is 1390. The lowest BCUT2D eigenvalue weighted by atomic mass is 9.97. The van der Waals surface area contributed by atoms with Gasteiger partial charge in [-0.2, -0.15) is 10.4 Å². The lowest BCUT2D eigenvalue weighted by Gasteiger charge is -2.47. The van der Waals surface area contributed by atoms with Gasteiger partial charge < -0.3 is 15.6 Å². The summed E-state index contributed by atoms with van der Waals surface area (Å²) in [5, 5.41) is 26.0. The molecule has 37 heavy (non-hydrogen) atoms. The Morgan fingerprint density at radius 1 is 1.32 bits per heavy atom. The number of fused-ring (bicyclic) bond motifs is 2. The summed E-state index contributed by atoms with van der Waals surface area (Å²) in [6.07, 6.45) is 1.34. The SMILES string of the molecule is Cc1nn(C(C)c2cc(Cl)c(C#N)c3c2O[C@H](C)CN(C2CN(CC(C)(C)O)C2)C3)c2ncnc(N)c12. The number of nitrogens with zero attached hydrogens (tertiary/aromatic N) is 7. The summed E-state index contributed by atoms with van der Waals surface area (Å²) in [5.41, 5.74) is 8.84. The zero-order valence-electron chi connectivity index (χ0n) is 21.9. The fraction of sp³-hybridized carbons (Fsp3) is 0.538. The van der Waals surface area contributed by atoms with Crippen molar-refractivity contribution in [2.45, 2.75) is 65.0 Å². The molecule has 0 spiro atoms. The average molecular weight is 525 g/mol. The summed E-state index contributed by atoms with van der Waals surface area (Å²) >= 11 is 6.70. The van der Waals surface area contributed by atoms with E-state index in [-0.39, 0.29) is 12.1 Å². The molecule has 0 amide bonds. The number of hydrogen-bond donors (Lipinski definition) is 2. The molecule has 3 N–H and O–H groups in total. The van der Waals surface area contributed by atoms with Gasteiger partial charge in [0.2, 0.25) is 0 Å². The van der Waals surface area contributed by atoms with E-state index in [1.54, 1.807) is 0 Å². The topological polar surface area (TPSA) is 129 Å². The number of aryl methyl sites for hydroxylation is 1. The number of hydrogen-bond acceptors (Lipinski definition) is 9. The summed E-state index contributed by atoms with van der Waals surface area (Å²) in [7, 11) is 0. The predicted molar refractivity (Wildman–Crippen MR) is 141 cm³/mol. The zero-order valence-corrected chi connectivity index (χ0v) is 22.6. The van der Waals surface area contributed by atoms with Crippen molar-refractivity contribution >= 4 is 28.5 Å². The molecule has 2 aliphatic heterocycles. The molecule has 196 valence electrons. The van der Waals surface area contributed by atoms with Gasteiger partial charge >= 0.3 is 0 Å². The lowest BCUT2D eigenvalue weighted by molar-refractivity contribution is -0.0341. The molecule has 2 aliphatic rings. The summed E-state index contributed by atoms with van der Waals surface area (Å²) in [5.74, 6) is 1.07. The van der Waals surface area contributed by atoms with Crippen molar-refractivity contribution < 1.29 is 9.84 Å². The number of halogens is 1. The van der Waals surface area contributed by atoms with Crippen molar-refractivity contribution in [3.8, 4) is 11.8 Å². The summed E-state index contributed by atoms with van der Waals surface area (Å²) in [4.78, 5) is 13.2. The van der Waals surface area contributed by atoms with Gasteiger partial charge in [-0.05, 0) is 40.7 Å². The van der Waals surface area contributed by atoms with E-state index < -0.39 is 5.60 Å². The van der Waals surface area contributed by atoms with Gasteiger partial charge in [0.05, 0.1) is 33.3 Å². The maximum Gasteiger partial charge on any atom is 0.164 e. The lowest BCUT2D eigenvalue weighted by Crippen LogP contribution is -2.62. The number of benzene rings is 1. The van der Waals surface area contributed by atoms with Crippen LogP contribution in [0.5, 0.6) is 5.75 Å². The van der Waals surface area contributed by atoms with Gasteiger partial charge in [0.25, 0.3) is 0 Å². The second-order valence-electron chi connectivity index (χ2n) is 10.9. The van der Waals surface area contributed by atoms with Crippen LogP contribution in [0.1, 0.15) is 56.1 Å². The predicted octanol–water partition coefficient (Wildman–Crippen LogP) is 2.89. The third-order valence-corrected chi connectivity index (χ3v) is 7.52. The minimum absolute atomic E-state index is 0.0997. The Morgan fingerprint density at radius 2 is 2.05 bits per heavy atom. The zero-order chi connectivity index (χ0) is 26.6. The molecule has 1 fully saturated rings. The molecule has 0 bridgehead atoms. The first-order valence-electron chi connectivity index (χ1n) is 12.5. The maximum atomic E-state index is 10.2. The van der Waals surface area contributed by atoms with Crippen molar-refractivity contribution in [3.63, 3.8) is 0 Å². The van der Waals surface area contributed by atoms with Crippen LogP contribution in [0.4, 0.5) is 5.82 Å². The normalized spacial score (nSPS) is 20.1. The maximum absolute atomic E-state index is 10.2. The number of ether oxygens (including phenoxy) is 1. The monoisotopic (exact) mass is 524 g/mol. The third-order valence-electron chi connectivity index (χ3n) is 7.22. The van der Waals surface area contributed by atoms with Gasteiger partial charge in [-0.25, -0.2) is 14.6 Å². The minimum Gasteiger partial charge on any atom is -0.489 e. The molecule has 10 nitrogen and oxygen atoms in total. The second-order valence-corrected chi connectivity index (χ2v) is 11.3. The first kappa shape index (κ1) is 25.7. The van der Waals surface area contributed by atoms with Gasteiger partial charge in [-0.15, -0.1) is 0 Å². The highest BCUT2D eigenvalue weighted by Crippen LogP contribution is 2.41. The van der Waals surface area contributed by atoms with Gasteiger partial charge in [0.15, 0.2) is 5.65 Å². The van der Waals surface area contributed by atoms with Crippen LogP contribution in [-0.2, 0) is 6.54 Å². The van der Waals surface area contributed by atoms with Crippen LogP contribution >= 0.6 is 11.6 Å². The van der Waals surface area contributed by atoms with Gasteiger partial charge in [-0.1, -0.05) is 11.6 Å². The Hall–Kier alpha value is -2.97. The number of nitrogen functional groups attached to an aromatic ring is 1. The highest BCUT2D eigenvalue weighted by Gasteiger charge is 2.38. The van der Waals surface area contributed by atoms with E-state index in [0.717, 1.165) is 41.8 Å². The number of β-amino-alcohol motifs (C(OH)–C–C–N with tert-alkyl or cyclic N) is 1. The smallest absolute Gasteiger partial charge is 0.164 e. The molecule has 1 saturated heterocycles. The van der Waals surface area contributed by atoms with Crippen molar-refractivity contribution in [3.05, 3.63) is 39.8 Å². The van der Waals surface area contributed by atoms with Crippen molar-refractivity contribution in [2.75, 3.05) is 31.9 Å². The van der Waals surface area contributed by atoms with Gasteiger partial charge in [0, 0.05) is 49.9 Å². The molecule has 0 radical (unpaired) electrons. The van der Waals surface area contributed by atoms with Crippen molar-refractivity contribution in [1.82, 2.24) is 29.5 Å². The first-order chi connectivity index (χ1) is 17.5. The molecule has 0 aliphatic carbocycles. The van der Waals surface area contributed by atoms with Crippen molar-refractivity contribution in [2.24, 2.45) is 0 Å². The molecular formula is C26H33ClN8O2. The number of nitriles is 1. The summed E-state index contributed by atoms with van der Waals surface area (Å²) < 4.78 is 8.34. The minimum atomic E-state index is -0.732. The third kappa shape index (κ3) is 4.73. The van der Waals surface area contributed by atoms with Crippen LogP contribution in [0.15, 0.2) is 12.4 Å². The Kier molecular flexibility index (Phi) is 6.52. The number of aliphatic hydroxyl groups is 1.